The molecule has 3 saturated heterocycles. The van der Waals surface area contributed by atoms with Gasteiger partial charge in [0.15, 0.2) is 12.6 Å². The molecule has 16 nitrogen and oxygen atoms in total. The predicted octanol–water partition coefficient (Wildman–Crippen LogP) is -3.69. The highest BCUT2D eigenvalue weighted by Crippen LogP contribution is 2.32. The zero-order valence-electron chi connectivity index (χ0n) is 23.6. The lowest BCUT2D eigenvalue weighted by molar-refractivity contribution is -0.372. The van der Waals surface area contributed by atoms with Crippen LogP contribution in [0.3, 0.4) is 0 Å². The van der Waals surface area contributed by atoms with E-state index in [2.05, 4.69) is 0 Å². The van der Waals surface area contributed by atoms with Crippen LogP contribution >= 0.6 is 0 Å². The number of ether oxygens (including phenoxy) is 7. The molecule has 0 radical (unpaired) electrons. The first kappa shape index (κ1) is 33.1. The van der Waals surface area contributed by atoms with Gasteiger partial charge in [0.2, 0.25) is 6.29 Å². The summed E-state index contributed by atoms with van der Waals surface area (Å²) < 4.78 is 38.7. The van der Waals surface area contributed by atoms with Gasteiger partial charge in [0.05, 0.1) is 26.9 Å². The fourth-order valence-corrected chi connectivity index (χ4v) is 5.36. The number of aliphatic hydroxyl groups excluding tert-OH is 9. The summed E-state index contributed by atoms with van der Waals surface area (Å²) in [5, 5.41) is 94.6. The van der Waals surface area contributed by atoms with Crippen molar-refractivity contribution in [3.63, 3.8) is 0 Å². The van der Waals surface area contributed by atoms with Crippen molar-refractivity contribution in [1.82, 2.24) is 0 Å². The number of methoxy groups -OCH3 is 1. The first-order valence-corrected chi connectivity index (χ1v) is 14.0. The van der Waals surface area contributed by atoms with E-state index < -0.39 is 99.2 Å². The molecule has 2 aromatic rings. The first-order valence-electron chi connectivity index (χ1n) is 14.0. The van der Waals surface area contributed by atoms with Gasteiger partial charge in [-0.1, -0.05) is 12.1 Å². The van der Waals surface area contributed by atoms with Gasteiger partial charge in [-0.2, -0.15) is 0 Å². The summed E-state index contributed by atoms with van der Waals surface area (Å²) in [6.07, 6.45) is -22.4. The average Bonchev–Trinajstić information content (AvgIpc) is 3.03. The molecule has 0 saturated carbocycles. The highest BCUT2D eigenvalue weighted by Gasteiger charge is 2.52. The Morgan fingerprint density at radius 3 is 1.89 bits per heavy atom. The van der Waals surface area contributed by atoms with Crippen molar-refractivity contribution in [3.05, 3.63) is 36.4 Å². The molecule has 5 rings (SSSR count). The molecule has 3 fully saturated rings. The van der Waals surface area contributed by atoms with Gasteiger partial charge in [-0.05, 0) is 35.0 Å². The molecule has 0 bridgehead atoms. The lowest BCUT2D eigenvalue weighted by Crippen LogP contribution is -2.66. The van der Waals surface area contributed by atoms with E-state index in [1.54, 1.807) is 31.4 Å². The van der Waals surface area contributed by atoms with Crippen LogP contribution in [0, 0.1) is 0 Å². The largest absolute Gasteiger partial charge is 0.497 e. The molecule has 2 aromatic carbocycles. The van der Waals surface area contributed by atoms with Crippen molar-refractivity contribution in [2.75, 3.05) is 26.9 Å². The Bertz CT molecular complexity index is 1230. The maximum atomic E-state index is 11.0. The van der Waals surface area contributed by atoms with Crippen LogP contribution in [-0.4, -0.2) is 159 Å². The minimum absolute atomic E-state index is 0.332. The molecule has 246 valence electrons. The van der Waals surface area contributed by atoms with Crippen molar-refractivity contribution >= 4 is 10.8 Å². The molecule has 0 aliphatic carbocycles. The molecule has 3 aliphatic rings. The van der Waals surface area contributed by atoms with E-state index in [1.807, 2.05) is 12.1 Å². The van der Waals surface area contributed by atoms with Crippen molar-refractivity contribution in [2.45, 2.75) is 86.0 Å². The molecule has 3 aliphatic heterocycles. The SMILES string of the molecule is COc1ccc2ccc(O[C@@H]3OC[C@@H](O[C@@H]4O[C@H](CO)[C@H](O)[C@H](O[C@@H]5O[C@H](CO)[C@H](O)[C@H](O)[C@H]5O)[C@H]4O)[C@H](O)[C@H]3O)cc2c1. The summed E-state index contributed by atoms with van der Waals surface area (Å²) in [7, 11) is 1.55. The maximum absolute atomic E-state index is 11.0. The van der Waals surface area contributed by atoms with E-state index in [0.29, 0.717) is 11.5 Å². The molecular formula is C28H38O16. The van der Waals surface area contributed by atoms with E-state index >= 15 is 0 Å². The summed E-state index contributed by atoms with van der Waals surface area (Å²) in [6, 6.07) is 10.7. The average molecular weight is 631 g/mol. The third-order valence-corrected chi connectivity index (χ3v) is 7.98. The van der Waals surface area contributed by atoms with Crippen LogP contribution in [0.5, 0.6) is 11.5 Å². The number of rotatable bonds is 9. The van der Waals surface area contributed by atoms with Gasteiger partial charge in [-0.25, -0.2) is 0 Å². The summed E-state index contributed by atoms with van der Waals surface area (Å²) in [5.74, 6) is 0.989. The Balaban J connectivity index is 1.24. The molecule has 44 heavy (non-hydrogen) atoms. The maximum Gasteiger partial charge on any atom is 0.228 e. The zero-order chi connectivity index (χ0) is 31.7. The standard InChI is InChI=1S/C28H38O16/c1-38-13-4-2-11-3-5-14(7-12(11)6-13)40-26-22(35)19(32)17(10-39-26)43-28-24(37)25(20(33)16(9-30)42-28)44-27-23(36)21(34)18(31)15(8-29)41-27/h2-7,15-37H,8-10H2,1H3/t15-,16-,17-,18+,19+,20+,21+,22-,23-,24-,25+,26+,27+,28+/m1/s1. The van der Waals surface area contributed by atoms with Crippen molar-refractivity contribution in [2.24, 2.45) is 0 Å². The second-order valence-corrected chi connectivity index (χ2v) is 10.9. The quantitative estimate of drug-likeness (QED) is 0.129. The van der Waals surface area contributed by atoms with Crippen molar-refractivity contribution in [1.29, 1.82) is 0 Å². The summed E-state index contributed by atoms with van der Waals surface area (Å²) >= 11 is 0. The normalized spacial score (nSPS) is 41.4. The van der Waals surface area contributed by atoms with E-state index in [-0.39, 0.29) is 6.61 Å². The zero-order valence-corrected chi connectivity index (χ0v) is 23.6. The molecule has 0 amide bonds. The number of hydrogen-bond donors (Lipinski definition) is 9. The highest BCUT2D eigenvalue weighted by atomic mass is 16.8. The fourth-order valence-electron chi connectivity index (χ4n) is 5.36. The van der Waals surface area contributed by atoms with E-state index in [4.69, 9.17) is 33.2 Å². The number of benzene rings is 2. The molecule has 14 atom stereocenters. The van der Waals surface area contributed by atoms with Crippen LogP contribution in [-0.2, 0) is 23.7 Å². The molecule has 9 N–H and O–H groups in total. The monoisotopic (exact) mass is 630 g/mol. The third-order valence-electron chi connectivity index (χ3n) is 7.98. The smallest absolute Gasteiger partial charge is 0.228 e. The molecular weight excluding hydrogens is 592 g/mol. The second-order valence-electron chi connectivity index (χ2n) is 10.9. The first-order chi connectivity index (χ1) is 21.1. The molecule has 3 heterocycles. The van der Waals surface area contributed by atoms with Crippen molar-refractivity contribution < 1.29 is 79.1 Å². The van der Waals surface area contributed by atoms with Crippen LogP contribution in [0.4, 0.5) is 0 Å². The summed E-state index contributed by atoms with van der Waals surface area (Å²) in [5.41, 5.74) is 0. The Kier molecular flexibility index (Phi) is 10.6. The van der Waals surface area contributed by atoms with Gasteiger partial charge < -0.3 is 79.1 Å². The lowest BCUT2D eigenvalue weighted by Gasteiger charge is -2.47. The van der Waals surface area contributed by atoms with Gasteiger partial charge in [0.1, 0.15) is 78.6 Å². The van der Waals surface area contributed by atoms with Gasteiger partial charge in [-0.3, -0.25) is 0 Å². The van der Waals surface area contributed by atoms with Gasteiger partial charge in [0, 0.05) is 0 Å². The molecule has 0 spiro atoms. The number of fused-ring (bicyclic) bond motifs is 1. The van der Waals surface area contributed by atoms with Gasteiger partial charge >= 0.3 is 0 Å². The molecule has 0 unspecified atom stereocenters. The van der Waals surface area contributed by atoms with Gasteiger partial charge in [0.25, 0.3) is 0 Å². The fraction of sp³-hybridized carbons (Fsp3) is 0.643. The van der Waals surface area contributed by atoms with Crippen LogP contribution in [0.2, 0.25) is 0 Å². The number of aliphatic hydroxyl groups is 9. The highest BCUT2D eigenvalue weighted by molar-refractivity contribution is 5.85. The minimum atomic E-state index is -1.84. The van der Waals surface area contributed by atoms with E-state index in [1.165, 1.54) is 0 Å². The molecule has 0 aromatic heterocycles. The third kappa shape index (κ3) is 6.64. The Hall–Kier alpha value is -2.26. The Morgan fingerprint density at radius 2 is 1.23 bits per heavy atom. The van der Waals surface area contributed by atoms with Crippen LogP contribution in [0.15, 0.2) is 36.4 Å². The Morgan fingerprint density at radius 1 is 0.636 bits per heavy atom. The van der Waals surface area contributed by atoms with Crippen LogP contribution < -0.4 is 9.47 Å². The van der Waals surface area contributed by atoms with E-state index in [0.717, 1.165) is 10.8 Å². The van der Waals surface area contributed by atoms with Crippen LogP contribution in [0.25, 0.3) is 10.8 Å². The summed E-state index contributed by atoms with van der Waals surface area (Å²) in [4.78, 5) is 0. The lowest BCUT2D eigenvalue weighted by atomic mass is 9.96. The topological polar surface area (TPSA) is 247 Å². The Labute approximate surface area is 251 Å². The number of hydrogen-bond acceptors (Lipinski definition) is 16. The van der Waals surface area contributed by atoms with Gasteiger partial charge in [-0.15, -0.1) is 0 Å². The van der Waals surface area contributed by atoms with E-state index in [9.17, 15) is 46.0 Å². The minimum Gasteiger partial charge on any atom is -0.497 e. The summed E-state index contributed by atoms with van der Waals surface area (Å²) in [6.45, 7) is -1.83. The second kappa shape index (κ2) is 14.0. The van der Waals surface area contributed by atoms with Crippen LogP contribution in [0.1, 0.15) is 0 Å². The van der Waals surface area contributed by atoms with Crippen molar-refractivity contribution in [3.8, 4) is 11.5 Å². The predicted molar refractivity (Wildman–Crippen MR) is 144 cm³/mol. The molecule has 16 heteroatoms.